The molecule has 0 radical (unpaired) electrons. The predicted molar refractivity (Wildman–Crippen MR) is 97.1 cm³/mol. The Morgan fingerprint density at radius 2 is 2.16 bits per heavy atom. The Labute approximate surface area is 149 Å². The number of hydrogen-bond acceptors (Lipinski definition) is 3. The summed E-state index contributed by atoms with van der Waals surface area (Å²) in [6.45, 7) is 7.72. The Morgan fingerprint density at radius 3 is 2.96 bits per heavy atom. The zero-order chi connectivity index (χ0) is 17.6. The molecule has 25 heavy (non-hydrogen) atoms. The van der Waals surface area contributed by atoms with E-state index < -0.39 is 0 Å². The summed E-state index contributed by atoms with van der Waals surface area (Å²) in [5.41, 5.74) is 3.60. The maximum Gasteiger partial charge on any atom is 0.223 e. The largest absolute Gasteiger partial charge is 0.381 e. The van der Waals surface area contributed by atoms with Crippen LogP contribution >= 0.6 is 0 Å². The number of hydrogen-bond donors (Lipinski definition) is 0. The number of imidazole rings is 1. The van der Waals surface area contributed by atoms with Gasteiger partial charge in [0.1, 0.15) is 0 Å². The summed E-state index contributed by atoms with van der Waals surface area (Å²) in [6.07, 6.45) is 5.05. The second-order valence-corrected chi connectivity index (χ2v) is 6.76. The smallest absolute Gasteiger partial charge is 0.223 e. The van der Waals surface area contributed by atoms with Crippen molar-refractivity contribution in [3.05, 3.63) is 53.6 Å². The third-order valence-corrected chi connectivity index (χ3v) is 4.86. The summed E-state index contributed by atoms with van der Waals surface area (Å²) in [5, 5.41) is 0. The van der Waals surface area contributed by atoms with Gasteiger partial charge in [0, 0.05) is 38.2 Å². The van der Waals surface area contributed by atoms with Gasteiger partial charge in [0.2, 0.25) is 5.91 Å². The fourth-order valence-corrected chi connectivity index (χ4v) is 3.42. The summed E-state index contributed by atoms with van der Waals surface area (Å²) < 4.78 is 7.77. The molecule has 2 heterocycles. The van der Waals surface area contributed by atoms with E-state index in [1.807, 2.05) is 36.5 Å². The van der Waals surface area contributed by atoms with Gasteiger partial charge >= 0.3 is 0 Å². The minimum Gasteiger partial charge on any atom is -0.381 e. The third kappa shape index (κ3) is 4.48. The van der Waals surface area contributed by atoms with Crippen LogP contribution in [-0.4, -0.2) is 40.1 Å². The van der Waals surface area contributed by atoms with E-state index in [0.717, 1.165) is 25.2 Å². The first kappa shape index (κ1) is 17.7. The van der Waals surface area contributed by atoms with E-state index in [1.54, 1.807) is 0 Å². The number of carbonyl (C=O) groups excluding carboxylic acids is 1. The van der Waals surface area contributed by atoms with Gasteiger partial charge in [-0.25, -0.2) is 4.98 Å². The van der Waals surface area contributed by atoms with E-state index in [9.17, 15) is 4.79 Å². The second kappa shape index (κ2) is 8.30. The van der Waals surface area contributed by atoms with E-state index in [1.165, 1.54) is 11.1 Å². The van der Waals surface area contributed by atoms with Crippen LogP contribution in [0, 0.1) is 12.8 Å². The normalized spacial score (nSPS) is 17.2. The van der Waals surface area contributed by atoms with E-state index in [4.69, 9.17) is 4.74 Å². The van der Waals surface area contributed by atoms with Crippen LogP contribution in [0.25, 0.3) is 0 Å². The molecule has 0 fully saturated rings. The van der Waals surface area contributed by atoms with Crippen molar-refractivity contribution >= 4 is 5.91 Å². The quantitative estimate of drug-likeness (QED) is 0.812. The summed E-state index contributed by atoms with van der Waals surface area (Å²) in [4.78, 5) is 19.1. The fraction of sp³-hybridized carbons (Fsp3) is 0.500. The molecule has 5 nitrogen and oxygen atoms in total. The highest BCUT2D eigenvalue weighted by atomic mass is 16.5. The van der Waals surface area contributed by atoms with Gasteiger partial charge in [-0.2, -0.15) is 0 Å². The van der Waals surface area contributed by atoms with Crippen molar-refractivity contribution in [2.45, 2.75) is 39.8 Å². The van der Waals surface area contributed by atoms with Crippen LogP contribution in [0.4, 0.5) is 0 Å². The Morgan fingerprint density at radius 1 is 1.32 bits per heavy atom. The molecule has 5 heteroatoms. The lowest BCUT2D eigenvalue weighted by Gasteiger charge is -2.24. The molecule has 0 spiro atoms. The van der Waals surface area contributed by atoms with E-state index >= 15 is 0 Å². The first-order chi connectivity index (χ1) is 12.2. The molecule has 1 aromatic carbocycles. The van der Waals surface area contributed by atoms with Gasteiger partial charge in [0.25, 0.3) is 0 Å². The van der Waals surface area contributed by atoms with Crippen LogP contribution in [0.15, 0.2) is 36.8 Å². The van der Waals surface area contributed by atoms with E-state index in [-0.39, 0.29) is 5.91 Å². The average Bonchev–Trinajstić information content (AvgIpc) is 2.97. The van der Waals surface area contributed by atoms with E-state index in [0.29, 0.717) is 32.1 Å². The zero-order valence-electron chi connectivity index (χ0n) is 15.1. The SMILES string of the molecule is CCOCC1CN(C(=O)CCc2ccccc2C)Cc2cncn2C1. The molecule has 1 unspecified atom stereocenters. The van der Waals surface area contributed by atoms with Crippen molar-refractivity contribution < 1.29 is 9.53 Å². The molecule has 1 aromatic heterocycles. The second-order valence-electron chi connectivity index (χ2n) is 6.76. The highest BCUT2D eigenvalue weighted by Gasteiger charge is 2.25. The predicted octanol–water partition coefficient (Wildman–Crippen LogP) is 2.82. The summed E-state index contributed by atoms with van der Waals surface area (Å²) in [6, 6.07) is 8.28. The molecule has 3 rings (SSSR count). The first-order valence-corrected chi connectivity index (χ1v) is 9.06. The Hall–Kier alpha value is -2.14. The fourth-order valence-electron chi connectivity index (χ4n) is 3.42. The Bertz CT molecular complexity index is 710. The number of nitrogens with zero attached hydrogens (tertiary/aromatic N) is 3. The summed E-state index contributed by atoms with van der Waals surface area (Å²) in [5.74, 6) is 0.511. The topological polar surface area (TPSA) is 47.4 Å². The van der Waals surface area contributed by atoms with E-state index in [2.05, 4.69) is 28.6 Å². The van der Waals surface area contributed by atoms with Gasteiger partial charge in [-0.15, -0.1) is 0 Å². The minimum atomic E-state index is 0.208. The van der Waals surface area contributed by atoms with Crippen molar-refractivity contribution in [3.63, 3.8) is 0 Å². The number of carbonyl (C=O) groups is 1. The molecule has 1 aliphatic heterocycles. The van der Waals surface area contributed by atoms with Crippen molar-refractivity contribution in [2.24, 2.45) is 5.92 Å². The lowest BCUT2D eigenvalue weighted by molar-refractivity contribution is -0.132. The number of aromatic nitrogens is 2. The Kier molecular flexibility index (Phi) is 5.87. The minimum absolute atomic E-state index is 0.208. The number of fused-ring (bicyclic) bond motifs is 1. The molecule has 0 aliphatic carbocycles. The molecule has 1 aliphatic rings. The number of ether oxygens (including phenoxy) is 1. The van der Waals surface area contributed by atoms with Gasteiger partial charge in [0.15, 0.2) is 0 Å². The molecule has 0 bridgehead atoms. The van der Waals surface area contributed by atoms with Gasteiger partial charge in [-0.3, -0.25) is 4.79 Å². The van der Waals surface area contributed by atoms with Gasteiger partial charge in [-0.05, 0) is 31.4 Å². The molecule has 2 aromatic rings. The van der Waals surface area contributed by atoms with Crippen LogP contribution in [0.3, 0.4) is 0 Å². The van der Waals surface area contributed by atoms with Gasteiger partial charge in [0.05, 0.1) is 25.2 Å². The standard InChI is InChI=1S/C20H27N3O2/c1-3-25-14-17-11-22(13-19-10-21-15-23(19)12-17)20(24)9-8-18-7-5-4-6-16(18)2/h4-7,10,15,17H,3,8-9,11-14H2,1-2H3. The van der Waals surface area contributed by atoms with Crippen LogP contribution < -0.4 is 0 Å². The third-order valence-electron chi connectivity index (χ3n) is 4.86. The lowest BCUT2D eigenvalue weighted by atomic mass is 10.0. The first-order valence-electron chi connectivity index (χ1n) is 9.06. The molecule has 0 saturated carbocycles. The maximum absolute atomic E-state index is 12.8. The average molecular weight is 341 g/mol. The Balaban J connectivity index is 1.66. The van der Waals surface area contributed by atoms with Crippen molar-refractivity contribution in [3.8, 4) is 0 Å². The molecule has 134 valence electrons. The van der Waals surface area contributed by atoms with Crippen LogP contribution in [0.1, 0.15) is 30.2 Å². The van der Waals surface area contributed by atoms with Crippen LogP contribution in [0.5, 0.6) is 0 Å². The monoisotopic (exact) mass is 341 g/mol. The van der Waals surface area contributed by atoms with Crippen molar-refractivity contribution in [2.75, 3.05) is 19.8 Å². The lowest BCUT2D eigenvalue weighted by Crippen LogP contribution is -2.35. The molecular weight excluding hydrogens is 314 g/mol. The number of rotatable bonds is 6. The number of amides is 1. The van der Waals surface area contributed by atoms with Crippen molar-refractivity contribution in [1.29, 1.82) is 0 Å². The number of benzene rings is 1. The highest BCUT2D eigenvalue weighted by molar-refractivity contribution is 5.76. The summed E-state index contributed by atoms with van der Waals surface area (Å²) in [7, 11) is 0. The molecular formula is C20H27N3O2. The molecule has 1 atom stereocenters. The van der Waals surface area contributed by atoms with Crippen LogP contribution in [-0.2, 0) is 29.0 Å². The molecule has 0 N–H and O–H groups in total. The van der Waals surface area contributed by atoms with Crippen molar-refractivity contribution in [1.82, 2.24) is 14.5 Å². The van der Waals surface area contributed by atoms with Gasteiger partial charge in [-0.1, -0.05) is 24.3 Å². The van der Waals surface area contributed by atoms with Crippen LogP contribution in [0.2, 0.25) is 0 Å². The van der Waals surface area contributed by atoms with Gasteiger partial charge < -0.3 is 14.2 Å². The maximum atomic E-state index is 12.8. The zero-order valence-corrected chi connectivity index (χ0v) is 15.1. The summed E-state index contributed by atoms with van der Waals surface area (Å²) >= 11 is 0. The number of aryl methyl sites for hydroxylation is 2. The highest BCUT2D eigenvalue weighted by Crippen LogP contribution is 2.18. The molecule has 1 amide bonds. The molecule has 0 saturated heterocycles.